The summed E-state index contributed by atoms with van der Waals surface area (Å²) < 4.78 is 16.7. The zero-order valence-electron chi connectivity index (χ0n) is 17.0. The first-order chi connectivity index (χ1) is 14.9. The molecule has 0 aliphatic carbocycles. The molecule has 0 spiro atoms. The van der Waals surface area contributed by atoms with Crippen molar-refractivity contribution >= 4 is 17.6 Å². The Kier molecular flexibility index (Phi) is 7.76. The molecule has 1 unspecified atom stereocenters. The fourth-order valence-electron chi connectivity index (χ4n) is 2.96. The van der Waals surface area contributed by atoms with E-state index in [4.69, 9.17) is 30.9 Å². The zero-order valence-corrected chi connectivity index (χ0v) is 17.7. The van der Waals surface area contributed by atoms with E-state index in [0.29, 0.717) is 27.8 Å². The molecule has 0 bridgehead atoms. The molecule has 0 saturated carbocycles. The molecule has 6 nitrogen and oxygen atoms in total. The molecule has 3 rings (SSSR count). The van der Waals surface area contributed by atoms with Gasteiger partial charge in [-0.2, -0.15) is 0 Å². The lowest BCUT2D eigenvalue weighted by molar-refractivity contribution is -0.136. The summed E-state index contributed by atoms with van der Waals surface area (Å²) in [5.74, 6) is 0.709. The number of aliphatic hydroxyl groups is 1. The highest BCUT2D eigenvalue weighted by Gasteiger charge is 2.12. The molecule has 31 heavy (non-hydrogen) atoms. The van der Waals surface area contributed by atoms with Gasteiger partial charge in [-0.25, -0.2) is 0 Å². The maximum absolute atomic E-state index is 11.0. The summed E-state index contributed by atoms with van der Waals surface area (Å²) >= 11 is 5.85. The summed E-state index contributed by atoms with van der Waals surface area (Å²) in [6.07, 6.45) is -0.907. The van der Waals surface area contributed by atoms with Gasteiger partial charge in [0.05, 0.1) is 13.5 Å². The van der Waals surface area contributed by atoms with Gasteiger partial charge in [-0.3, -0.25) is 4.79 Å². The maximum atomic E-state index is 11.0. The van der Waals surface area contributed by atoms with Crippen molar-refractivity contribution in [2.24, 2.45) is 0 Å². The van der Waals surface area contributed by atoms with Crippen LogP contribution in [0.4, 0.5) is 0 Å². The number of carboxylic acid groups (broad SMARTS) is 1. The monoisotopic (exact) mass is 442 g/mol. The van der Waals surface area contributed by atoms with Gasteiger partial charge < -0.3 is 24.4 Å². The zero-order chi connectivity index (χ0) is 22.2. The second kappa shape index (κ2) is 10.7. The largest absolute Gasteiger partial charge is 0.493 e. The highest BCUT2D eigenvalue weighted by Crippen LogP contribution is 2.33. The van der Waals surface area contributed by atoms with E-state index < -0.39 is 12.1 Å². The Morgan fingerprint density at radius 1 is 0.935 bits per heavy atom. The van der Waals surface area contributed by atoms with E-state index in [1.54, 1.807) is 42.5 Å². The predicted molar refractivity (Wildman–Crippen MR) is 118 cm³/mol. The van der Waals surface area contributed by atoms with E-state index in [1.165, 1.54) is 7.11 Å². The van der Waals surface area contributed by atoms with E-state index in [-0.39, 0.29) is 19.6 Å². The molecule has 1 atom stereocenters. The number of hydrogen-bond donors (Lipinski definition) is 2. The van der Waals surface area contributed by atoms with Gasteiger partial charge in [-0.1, -0.05) is 41.9 Å². The van der Waals surface area contributed by atoms with Gasteiger partial charge in [0.2, 0.25) is 0 Å². The van der Waals surface area contributed by atoms with Crippen molar-refractivity contribution in [2.45, 2.75) is 12.5 Å². The van der Waals surface area contributed by atoms with Crippen LogP contribution in [0.5, 0.6) is 17.2 Å². The third kappa shape index (κ3) is 6.64. The smallest absolute Gasteiger partial charge is 0.307 e. The highest BCUT2D eigenvalue weighted by atomic mass is 35.5. The average Bonchev–Trinajstić information content (AvgIpc) is 2.77. The summed E-state index contributed by atoms with van der Waals surface area (Å²) in [6.45, 7) is 0.0628. The number of benzene rings is 3. The Bertz CT molecular complexity index is 1020. The van der Waals surface area contributed by atoms with Gasteiger partial charge in [-0.15, -0.1) is 0 Å². The third-order valence-corrected chi connectivity index (χ3v) is 4.72. The standard InChI is InChI=1S/C24H23ClO6/c1-29-22-10-5-18(17-4-2-3-16(11-17)12-24(27)28)13-23(22)31-15-20(26)14-30-21-8-6-19(25)7-9-21/h2-11,13,20,26H,12,14-15H2,1H3,(H,27,28). The first-order valence-electron chi connectivity index (χ1n) is 9.63. The first kappa shape index (κ1) is 22.5. The molecule has 0 radical (unpaired) electrons. The quantitative estimate of drug-likeness (QED) is 0.482. The van der Waals surface area contributed by atoms with Gasteiger partial charge in [0.1, 0.15) is 25.1 Å². The Labute approximate surface area is 185 Å². The number of aliphatic hydroxyl groups excluding tert-OH is 1. The fourth-order valence-corrected chi connectivity index (χ4v) is 3.09. The van der Waals surface area contributed by atoms with Crippen LogP contribution >= 0.6 is 11.6 Å². The topological polar surface area (TPSA) is 85.2 Å². The number of halogens is 1. The molecule has 3 aromatic rings. The minimum atomic E-state index is -0.884. The Morgan fingerprint density at radius 2 is 1.65 bits per heavy atom. The molecule has 162 valence electrons. The van der Waals surface area contributed by atoms with Crippen LogP contribution in [-0.2, 0) is 11.2 Å². The highest BCUT2D eigenvalue weighted by molar-refractivity contribution is 6.30. The summed E-state index contributed by atoms with van der Waals surface area (Å²) in [4.78, 5) is 11.0. The SMILES string of the molecule is COc1ccc(-c2cccc(CC(=O)O)c2)cc1OCC(O)COc1ccc(Cl)cc1. The van der Waals surface area contributed by atoms with Crippen LogP contribution in [0.15, 0.2) is 66.7 Å². The van der Waals surface area contributed by atoms with Gasteiger partial charge in [0, 0.05) is 5.02 Å². The maximum Gasteiger partial charge on any atom is 0.307 e. The fraction of sp³-hybridized carbons (Fsp3) is 0.208. The Hall–Kier alpha value is -3.22. The lowest BCUT2D eigenvalue weighted by Crippen LogP contribution is -2.25. The third-order valence-electron chi connectivity index (χ3n) is 4.47. The van der Waals surface area contributed by atoms with Crippen molar-refractivity contribution in [3.63, 3.8) is 0 Å². The molecule has 7 heteroatoms. The minimum Gasteiger partial charge on any atom is -0.493 e. The number of carbonyl (C=O) groups is 1. The van der Waals surface area contributed by atoms with Crippen LogP contribution in [0.25, 0.3) is 11.1 Å². The lowest BCUT2D eigenvalue weighted by atomic mass is 10.0. The van der Waals surface area contributed by atoms with E-state index in [1.807, 2.05) is 24.3 Å². The lowest BCUT2D eigenvalue weighted by Gasteiger charge is -2.16. The van der Waals surface area contributed by atoms with Crippen molar-refractivity contribution in [2.75, 3.05) is 20.3 Å². The molecule has 0 fully saturated rings. The van der Waals surface area contributed by atoms with Crippen LogP contribution in [0.3, 0.4) is 0 Å². The summed E-state index contributed by atoms with van der Waals surface area (Å²) in [5, 5.41) is 19.8. The molecule has 0 saturated heterocycles. The minimum absolute atomic E-state index is 0.00641. The second-order valence-corrected chi connectivity index (χ2v) is 7.30. The molecule has 0 aromatic heterocycles. The number of methoxy groups -OCH3 is 1. The van der Waals surface area contributed by atoms with Crippen LogP contribution in [0.2, 0.25) is 5.02 Å². The van der Waals surface area contributed by atoms with E-state index in [0.717, 1.165) is 11.1 Å². The van der Waals surface area contributed by atoms with Crippen molar-refractivity contribution in [1.29, 1.82) is 0 Å². The Balaban J connectivity index is 1.66. The summed E-state index contributed by atoms with van der Waals surface area (Å²) in [7, 11) is 1.54. The second-order valence-electron chi connectivity index (χ2n) is 6.87. The van der Waals surface area contributed by atoms with Crippen LogP contribution in [0, 0.1) is 0 Å². The van der Waals surface area contributed by atoms with E-state index in [9.17, 15) is 9.90 Å². The normalized spacial score (nSPS) is 11.6. The van der Waals surface area contributed by atoms with E-state index in [2.05, 4.69) is 0 Å². The van der Waals surface area contributed by atoms with E-state index >= 15 is 0 Å². The molecule has 0 amide bonds. The number of aliphatic carboxylic acids is 1. The number of rotatable bonds is 10. The molecular formula is C24H23ClO6. The molecule has 2 N–H and O–H groups in total. The first-order valence-corrected chi connectivity index (χ1v) is 10.0. The van der Waals surface area contributed by atoms with Crippen molar-refractivity contribution in [3.05, 3.63) is 77.3 Å². The van der Waals surface area contributed by atoms with Crippen molar-refractivity contribution in [1.82, 2.24) is 0 Å². The molecule has 0 heterocycles. The van der Waals surface area contributed by atoms with Gasteiger partial charge in [0.15, 0.2) is 11.5 Å². The predicted octanol–water partition coefficient (Wildman–Crippen LogP) is 4.46. The van der Waals surface area contributed by atoms with Crippen molar-refractivity contribution in [3.8, 4) is 28.4 Å². The summed E-state index contributed by atoms with van der Waals surface area (Å²) in [5.41, 5.74) is 2.41. The van der Waals surface area contributed by atoms with Crippen molar-refractivity contribution < 1.29 is 29.2 Å². The Morgan fingerprint density at radius 3 is 2.35 bits per heavy atom. The van der Waals surface area contributed by atoms with Crippen LogP contribution < -0.4 is 14.2 Å². The van der Waals surface area contributed by atoms with Crippen LogP contribution in [-0.4, -0.2) is 42.6 Å². The van der Waals surface area contributed by atoms with Gasteiger partial charge in [-0.05, 0) is 53.1 Å². The van der Waals surface area contributed by atoms with Gasteiger partial charge >= 0.3 is 5.97 Å². The van der Waals surface area contributed by atoms with Gasteiger partial charge in [0.25, 0.3) is 0 Å². The number of carboxylic acids is 1. The van der Waals surface area contributed by atoms with Crippen LogP contribution in [0.1, 0.15) is 5.56 Å². The molecule has 3 aromatic carbocycles. The molecule has 0 aliphatic heterocycles. The summed E-state index contributed by atoms with van der Waals surface area (Å²) in [6, 6.07) is 19.6. The number of ether oxygens (including phenoxy) is 3. The molecule has 0 aliphatic rings. The molecular weight excluding hydrogens is 420 g/mol. The average molecular weight is 443 g/mol. The number of hydrogen-bond acceptors (Lipinski definition) is 5.